The van der Waals surface area contributed by atoms with Gasteiger partial charge < -0.3 is 4.90 Å². The number of nitrogens with zero attached hydrogens (tertiary/aromatic N) is 2. The summed E-state index contributed by atoms with van der Waals surface area (Å²) in [7, 11) is 1.71. The van der Waals surface area contributed by atoms with Gasteiger partial charge in [0.1, 0.15) is 0 Å². The van der Waals surface area contributed by atoms with E-state index in [-0.39, 0.29) is 11.6 Å². The molecule has 0 unspecified atom stereocenters. The van der Waals surface area contributed by atoms with Gasteiger partial charge in [0.05, 0.1) is 11.5 Å². The fraction of sp³-hybridized carbons (Fsp3) is 0.214. The molecule has 0 radical (unpaired) electrons. The zero-order chi connectivity index (χ0) is 15.6. The lowest BCUT2D eigenvalue weighted by Crippen LogP contribution is -2.25. The molecular weight excluding hydrogens is 356 g/mol. The number of hydrogen-bond acceptors (Lipinski definition) is 4. The third kappa shape index (κ3) is 3.68. The molecule has 110 valence electrons. The Labute approximate surface area is 134 Å². The second kappa shape index (κ2) is 6.36. The van der Waals surface area contributed by atoms with E-state index in [4.69, 9.17) is 0 Å². The molecule has 7 heteroatoms. The number of nitro benzene ring substituents is 1. The molecule has 0 aliphatic carbocycles. The number of thiophene rings is 1. The Bertz CT molecular complexity index is 699. The van der Waals surface area contributed by atoms with E-state index in [9.17, 15) is 14.9 Å². The van der Waals surface area contributed by atoms with Crippen LogP contribution in [-0.2, 0) is 6.54 Å². The van der Waals surface area contributed by atoms with Crippen LogP contribution in [0.15, 0.2) is 34.1 Å². The first kappa shape index (κ1) is 15.7. The minimum atomic E-state index is -0.448. The van der Waals surface area contributed by atoms with Crippen LogP contribution in [-0.4, -0.2) is 22.8 Å². The number of benzene rings is 1. The monoisotopic (exact) mass is 368 g/mol. The molecule has 1 aromatic heterocycles. The van der Waals surface area contributed by atoms with Crippen LogP contribution in [0.2, 0.25) is 0 Å². The van der Waals surface area contributed by atoms with Crippen LogP contribution in [0.5, 0.6) is 0 Å². The minimum Gasteiger partial charge on any atom is -0.337 e. The van der Waals surface area contributed by atoms with Gasteiger partial charge in [0.2, 0.25) is 0 Å². The average molecular weight is 369 g/mol. The first-order valence-electron chi connectivity index (χ1n) is 6.12. The number of carbonyl (C=O) groups excluding carboxylic acids is 1. The van der Waals surface area contributed by atoms with Crippen LogP contribution in [0, 0.1) is 17.0 Å². The normalized spacial score (nSPS) is 10.4. The van der Waals surface area contributed by atoms with E-state index in [0.717, 1.165) is 9.35 Å². The lowest BCUT2D eigenvalue weighted by atomic mass is 10.1. The molecule has 0 N–H and O–H groups in total. The van der Waals surface area contributed by atoms with Gasteiger partial charge in [-0.1, -0.05) is 0 Å². The first-order valence-corrected chi connectivity index (χ1v) is 7.79. The van der Waals surface area contributed by atoms with Gasteiger partial charge in [0.25, 0.3) is 11.6 Å². The van der Waals surface area contributed by atoms with E-state index in [1.807, 2.05) is 11.4 Å². The molecule has 0 bridgehead atoms. The molecule has 1 aromatic carbocycles. The number of hydrogen-bond donors (Lipinski definition) is 0. The maximum atomic E-state index is 12.3. The average Bonchev–Trinajstić information content (AvgIpc) is 2.82. The summed E-state index contributed by atoms with van der Waals surface area (Å²) in [4.78, 5) is 25.3. The molecule has 1 amide bonds. The summed E-state index contributed by atoms with van der Waals surface area (Å²) in [5.41, 5.74) is 0.964. The molecule has 0 aliphatic heterocycles. The van der Waals surface area contributed by atoms with Crippen molar-refractivity contribution in [2.24, 2.45) is 0 Å². The number of halogens is 1. The van der Waals surface area contributed by atoms with Gasteiger partial charge >= 0.3 is 0 Å². The molecule has 0 saturated carbocycles. The zero-order valence-corrected chi connectivity index (χ0v) is 13.9. The third-order valence-electron chi connectivity index (χ3n) is 3.00. The van der Waals surface area contributed by atoms with Crippen molar-refractivity contribution in [2.75, 3.05) is 7.05 Å². The summed E-state index contributed by atoms with van der Waals surface area (Å²) in [5.74, 6) is -0.155. The van der Waals surface area contributed by atoms with Gasteiger partial charge in [-0.15, -0.1) is 11.3 Å². The molecule has 2 rings (SSSR count). The predicted molar refractivity (Wildman–Crippen MR) is 85.6 cm³/mol. The third-order valence-corrected chi connectivity index (χ3v) is 4.68. The molecule has 0 aliphatic rings. The molecule has 0 fully saturated rings. The Morgan fingerprint density at radius 3 is 2.67 bits per heavy atom. The van der Waals surface area contributed by atoms with Crippen molar-refractivity contribution in [3.05, 3.63) is 60.2 Å². The van der Waals surface area contributed by atoms with Gasteiger partial charge in [-0.25, -0.2) is 0 Å². The van der Waals surface area contributed by atoms with Crippen molar-refractivity contribution in [3.63, 3.8) is 0 Å². The lowest BCUT2D eigenvalue weighted by molar-refractivity contribution is -0.385. The van der Waals surface area contributed by atoms with Gasteiger partial charge in [-0.3, -0.25) is 14.9 Å². The topological polar surface area (TPSA) is 63.5 Å². The second-order valence-electron chi connectivity index (χ2n) is 4.65. The van der Waals surface area contributed by atoms with Gasteiger partial charge in [-0.2, -0.15) is 0 Å². The molecule has 5 nitrogen and oxygen atoms in total. The number of aryl methyl sites for hydroxylation is 1. The van der Waals surface area contributed by atoms with Crippen molar-refractivity contribution in [2.45, 2.75) is 13.5 Å². The van der Waals surface area contributed by atoms with E-state index in [1.165, 1.54) is 12.1 Å². The summed E-state index contributed by atoms with van der Waals surface area (Å²) in [5, 5.41) is 12.7. The molecule has 0 spiro atoms. The molecule has 0 atom stereocenters. The number of nitro groups is 1. The SMILES string of the molecule is Cc1cc(C(=O)N(C)Cc2cc(Br)cs2)ccc1[N+](=O)[O-]. The summed E-state index contributed by atoms with van der Waals surface area (Å²) >= 11 is 4.95. The van der Waals surface area contributed by atoms with Crippen molar-refractivity contribution in [3.8, 4) is 0 Å². The van der Waals surface area contributed by atoms with Crippen molar-refractivity contribution in [1.29, 1.82) is 0 Å². The van der Waals surface area contributed by atoms with E-state index < -0.39 is 4.92 Å². The number of carbonyl (C=O) groups is 1. The Kier molecular flexibility index (Phi) is 4.74. The van der Waals surface area contributed by atoms with Gasteiger partial charge in [-0.05, 0) is 41.1 Å². The van der Waals surface area contributed by atoms with E-state index >= 15 is 0 Å². The minimum absolute atomic E-state index is 0.0244. The molecular formula is C14H13BrN2O3S. The highest BCUT2D eigenvalue weighted by atomic mass is 79.9. The van der Waals surface area contributed by atoms with Crippen LogP contribution < -0.4 is 0 Å². The fourth-order valence-electron chi connectivity index (χ4n) is 1.96. The second-order valence-corrected chi connectivity index (χ2v) is 6.56. The lowest BCUT2D eigenvalue weighted by Gasteiger charge is -2.16. The van der Waals surface area contributed by atoms with Crippen LogP contribution in [0.4, 0.5) is 5.69 Å². The predicted octanol–water partition coefficient (Wildman–Crippen LogP) is 4.00. The van der Waals surface area contributed by atoms with Crippen molar-refractivity contribution >= 4 is 38.9 Å². The Morgan fingerprint density at radius 1 is 1.43 bits per heavy atom. The molecule has 1 heterocycles. The zero-order valence-electron chi connectivity index (χ0n) is 11.5. The van der Waals surface area contributed by atoms with Crippen LogP contribution in [0.3, 0.4) is 0 Å². The summed E-state index contributed by atoms with van der Waals surface area (Å²) < 4.78 is 0.995. The standard InChI is InChI=1S/C14H13BrN2O3S/c1-9-5-10(3-4-13(9)17(19)20)14(18)16(2)7-12-6-11(15)8-21-12/h3-6,8H,7H2,1-2H3. The maximum Gasteiger partial charge on any atom is 0.272 e. The number of amides is 1. The quantitative estimate of drug-likeness (QED) is 0.605. The Morgan fingerprint density at radius 2 is 2.14 bits per heavy atom. The highest BCUT2D eigenvalue weighted by Gasteiger charge is 2.17. The van der Waals surface area contributed by atoms with Crippen LogP contribution in [0.25, 0.3) is 0 Å². The number of rotatable bonds is 4. The van der Waals surface area contributed by atoms with Crippen LogP contribution in [0.1, 0.15) is 20.8 Å². The maximum absolute atomic E-state index is 12.3. The van der Waals surface area contributed by atoms with E-state index in [0.29, 0.717) is 17.7 Å². The van der Waals surface area contributed by atoms with Crippen molar-refractivity contribution < 1.29 is 9.72 Å². The van der Waals surface area contributed by atoms with Crippen LogP contribution >= 0.6 is 27.3 Å². The summed E-state index contributed by atoms with van der Waals surface area (Å²) in [6.07, 6.45) is 0. The largest absolute Gasteiger partial charge is 0.337 e. The van der Waals surface area contributed by atoms with Crippen molar-refractivity contribution in [1.82, 2.24) is 4.90 Å². The smallest absolute Gasteiger partial charge is 0.272 e. The van der Waals surface area contributed by atoms with E-state index in [1.54, 1.807) is 36.3 Å². The van der Waals surface area contributed by atoms with E-state index in [2.05, 4.69) is 15.9 Å². The summed E-state index contributed by atoms with van der Waals surface area (Å²) in [6, 6.07) is 6.39. The Hall–Kier alpha value is -1.73. The van der Waals surface area contributed by atoms with Gasteiger partial charge in [0, 0.05) is 39.0 Å². The highest BCUT2D eigenvalue weighted by molar-refractivity contribution is 9.10. The Balaban J connectivity index is 2.15. The molecule has 2 aromatic rings. The summed E-state index contributed by atoms with van der Waals surface area (Å²) in [6.45, 7) is 2.14. The first-order chi connectivity index (χ1) is 9.88. The highest BCUT2D eigenvalue weighted by Crippen LogP contribution is 2.23. The fourth-order valence-corrected chi connectivity index (χ4v) is 3.46. The van der Waals surface area contributed by atoms with Gasteiger partial charge in [0.15, 0.2) is 0 Å². The molecule has 21 heavy (non-hydrogen) atoms. The molecule has 0 saturated heterocycles.